The average molecular weight is 374 g/mol. The zero-order valence-corrected chi connectivity index (χ0v) is 16.2. The molecule has 7 nitrogen and oxygen atoms in total. The van der Waals surface area contributed by atoms with Gasteiger partial charge in [-0.05, 0) is 30.5 Å². The fourth-order valence-corrected chi connectivity index (χ4v) is 3.29. The van der Waals surface area contributed by atoms with E-state index in [1.54, 1.807) is 16.9 Å². The molecule has 28 heavy (non-hydrogen) atoms. The smallest absolute Gasteiger partial charge is 0.258 e. The predicted octanol–water partition coefficient (Wildman–Crippen LogP) is 3.87. The highest BCUT2D eigenvalue weighted by Gasteiger charge is 2.13. The van der Waals surface area contributed by atoms with Crippen molar-refractivity contribution in [2.45, 2.75) is 26.7 Å². The van der Waals surface area contributed by atoms with Crippen LogP contribution in [0.5, 0.6) is 0 Å². The number of amides is 1. The van der Waals surface area contributed by atoms with Gasteiger partial charge in [-0.1, -0.05) is 37.6 Å². The van der Waals surface area contributed by atoms with Crippen molar-refractivity contribution >= 4 is 22.8 Å². The third kappa shape index (κ3) is 3.38. The Kier molecular flexibility index (Phi) is 4.65. The lowest BCUT2D eigenvalue weighted by Crippen LogP contribution is -2.12. The lowest BCUT2D eigenvalue weighted by atomic mass is 10.1. The monoisotopic (exact) mass is 374 g/mol. The molecule has 4 aromatic rings. The van der Waals surface area contributed by atoms with E-state index in [1.807, 2.05) is 20.0 Å². The number of aromatic amines is 1. The molecular formula is C21H22N6O. The number of H-pyrrole nitrogens is 1. The summed E-state index contributed by atoms with van der Waals surface area (Å²) in [5.41, 5.74) is 5.26. The van der Waals surface area contributed by atoms with E-state index in [9.17, 15) is 4.79 Å². The third-order valence-electron chi connectivity index (χ3n) is 4.75. The largest absolute Gasteiger partial charge is 0.305 e. The Hall–Kier alpha value is -3.48. The molecule has 2 N–H and O–H groups in total. The van der Waals surface area contributed by atoms with Crippen molar-refractivity contribution in [1.29, 1.82) is 0 Å². The van der Waals surface area contributed by atoms with Gasteiger partial charge in [-0.3, -0.25) is 14.6 Å². The quantitative estimate of drug-likeness (QED) is 0.555. The minimum Gasteiger partial charge on any atom is -0.305 e. The van der Waals surface area contributed by atoms with Crippen LogP contribution in [-0.2, 0) is 13.5 Å². The van der Waals surface area contributed by atoms with Crippen LogP contribution in [0, 0.1) is 6.92 Å². The van der Waals surface area contributed by atoms with E-state index in [0.29, 0.717) is 11.4 Å². The Morgan fingerprint density at radius 2 is 2.00 bits per heavy atom. The molecule has 0 aliphatic heterocycles. The van der Waals surface area contributed by atoms with Gasteiger partial charge < -0.3 is 5.32 Å². The molecule has 0 saturated carbocycles. The zero-order chi connectivity index (χ0) is 19.7. The summed E-state index contributed by atoms with van der Waals surface area (Å²) in [5, 5.41) is 15.2. The number of nitrogens with zero attached hydrogens (tertiary/aromatic N) is 4. The lowest BCUT2D eigenvalue weighted by Gasteiger charge is -2.02. The molecule has 0 aliphatic rings. The van der Waals surface area contributed by atoms with Gasteiger partial charge >= 0.3 is 0 Å². The molecule has 4 rings (SSSR count). The Bertz CT molecular complexity index is 1140. The van der Waals surface area contributed by atoms with Crippen LogP contribution in [0.15, 0.2) is 42.6 Å². The molecule has 3 aromatic heterocycles. The summed E-state index contributed by atoms with van der Waals surface area (Å²) in [5.74, 6) is 0.217. The minimum atomic E-state index is -0.256. The molecule has 1 amide bonds. The first-order valence-corrected chi connectivity index (χ1v) is 9.30. The normalized spacial score (nSPS) is 11.1. The molecule has 0 spiro atoms. The number of aryl methyl sites for hydroxylation is 3. The van der Waals surface area contributed by atoms with E-state index in [4.69, 9.17) is 0 Å². The zero-order valence-electron chi connectivity index (χ0n) is 16.2. The molecule has 7 heteroatoms. The van der Waals surface area contributed by atoms with Crippen LogP contribution in [0.3, 0.4) is 0 Å². The molecule has 0 fully saturated rings. The molecular weight excluding hydrogens is 352 g/mol. The van der Waals surface area contributed by atoms with Gasteiger partial charge in [0.05, 0.1) is 17.0 Å². The van der Waals surface area contributed by atoms with Gasteiger partial charge in [0.15, 0.2) is 11.5 Å². The highest BCUT2D eigenvalue weighted by molar-refractivity contribution is 6.05. The van der Waals surface area contributed by atoms with Gasteiger partial charge in [0.1, 0.15) is 0 Å². The van der Waals surface area contributed by atoms with Crippen molar-refractivity contribution in [2.24, 2.45) is 7.05 Å². The number of rotatable bonds is 5. The fraction of sp³-hybridized carbons (Fsp3) is 0.238. The van der Waals surface area contributed by atoms with Gasteiger partial charge in [0.2, 0.25) is 0 Å². The van der Waals surface area contributed by atoms with Crippen LogP contribution in [0.1, 0.15) is 35.0 Å². The van der Waals surface area contributed by atoms with E-state index < -0.39 is 0 Å². The van der Waals surface area contributed by atoms with E-state index in [0.717, 1.165) is 40.8 Å². The first kappa shape index (κ1) is 17.9. The number of hydrogen-bond acceptors (Lipinski definition) is 4. The number of aromatic nitrogens is 5. The Labute approximate surface area is 162 Å². The van der Waals surface area contributed by atoms with Crippen LogP contribution >= 0.6 is 0 Å². The summed E-state index contributed by atoms with van der Waals surface area (Å²) in [6, 6.07) is 12.0. The van der Waals surface area contributed by atoms with E-state index in [2.05, 4.69) is 56.8 Å². The molecule has 1 aromatic carbocycles. The summed E-state index contributed by atoms with van der Waals surface area (Å²) in [4.78, 5) is 17.0. The fourth-order valence-electron chi connectivity index (χ4n) is 3.29. The van der Waals surface area contributed by atoms with E-state index in [1.165, 1.54) is 5.56 Å². The van der Waals surface area contributed by atoms with Crippen LogP contribution in [0.25, 0.3) is 22.3 Å². The van der Waals surface area contributed by atoms with Crippen LogP contribution in [0.4, 0.5) is 5.82 Å². The number of hydrogen-bond donors (Lipinski definition) is 2. The van der Waals surface area contributed by atoms with E-state index in [-0.39, 0.29) is 5.91 Å². The third-order valence-corrected chi connectivity index (χ3v) is 4.75. The van der Waals surface area contributed by atoms with Crippen LogP contribution < -0.4 is 5.32 Å². The SMILES string of the molecule is CCCc1ccc(-c2cc(NC(=O)c3cnc4c(c3)c(C)nn4C)n[nH]2)cc1. The first-order valence-electron chi connectivity index (χ1n) is 9.30. The van der Waals surface area contributed by atoms with Gasteiger partial charge in [-0.15, -0.1) is 0 Å². The number of pyridine rings is 1. The lowest BCUT2D eigenvalue weighted by molar-refractivity contribution is 0.102. The predicted molar refractivity (Wildman–Crippen MR) is 109 cm³/mol. The number of carbonyl (C=O) groups excluding carboxylic acids is 1. The summed E-state index contributed by atoms with van der Waals surface area (Å²) >= 11 is 0. The number of benzene rings is 1. The molecule has 0 atom stereocenters. The number of carbonyl (C=O) groups is 1. The average Bonchev–Trinajstić information content (AvgIpc) is 3.27. The molecule has 0 saturated heterocycles. The maximum Gasteiger partial charge on any atom is 0.258 e. The maximum absolute atomic E-state index is 12.6. The molecule has 3 heterocycles. The van der Waals surface area contributed by atoms with Crippen molar-refractivity contribution < 1.29 is 4.79 Å². The summed E-state index contributed by atoms with van der Waals surface area (Å²) in [6.07, 6.45) is 3.75. The van der Waals surface area contributed by atoms with Crippen molar-refractivity contribution in [3.63, 3.8) is 0 Å². The van der Waals surface area contributed by atoms with Crippen molar-refractivity contribution in [1.82, 2.24) is 25.0 Å². The highest BCUT2D eigenvalue weighted by Crippen LogP contribution is 2.22. The van der Waals surface area contributed by atoms with Gasteiger partial charge in [0, 0.05) is 24.7 Å². The maximum atomic E-state index is 12.6. The van der Waals surface area contributed by atoms with Gasteiger partial charge in [-0.25, -0.2) is 4.98 Å². The molecule has 0 unspecified atom stereocenters. The first-order chi connectivity index (χ1) is 13.5. The second-order valence-electron chi connectivity index (χ2n) is 6.87. The minimum absolute atomic E-state index is 0.256. The Morgan fingerprint density at radius 3 is 2.75 bits per heavy atom. The standard InChI is InChI=1S/C21H22N6O/c1-4-5-14-6-8-15(9-7-14)18-11-19(25-24-18)23-21(28)16-10-17-13(2)26-27(3)20(17)22-12-16/h6-12H,4-5H2,1-3H3,(H2,23,24,25,28). The van der Waals surface area contributed by atoms with Crippen molar-refractivity contribution in [3.8, 4) is 11.3 Å². The second kappa shape index (κ2) is 7.26. The topological polar surface area (TPSA) is 88.5 Å². The van der Waals surface area contributed by atoms with Crippen molar-refractivity contribution in [2.75, 3.05) is 5.32 Å². The van der Waals surface area contributed by atoms with Crippen LogP contribution in [-0.4, -0.2) is 30.9 Å². The summed E-state index contributed by atoms with van der Waals surface area (Å²) in [7, 11) is 1.84. The second-order valence-corrected chi connectivity index (χ2v) is 6.87. The molecule has 0 radical (unpaired) electrons. The van der Waals surface area contributed by atoms with E-state index >= 15 is 0 Å². The van der Waals surface area contributed by atoms with Gasteiger partial charge in [-0.2, -0.15) is 10.2 Å². The highest BCUT2D eigenvalue weighted by atomic mass is 16.1. The van der Waals surface area contributed by atoms with Crippen LogP contribution in [0.2, 0.25) is 0 Å². The van der Waals surface area contributed by atoms with Crippen molar-refractivity contribution in [3.05, 3.63) is 59.4 Å². The number of fused-ring (bicyclic) bond motifs is 1. The molecule has 0 aliphatic carbocycles. The Morgan fingerprint density at radius 1 is 1.21 bits per heavy atom. The summed E-state index contributed by atoms with van der Waals surface area (Å²) < 4.78 is 1.71. The number of anilines is 1. The molecule has 142 valence electrons. The molecule has 0 bridgehead atoms. The Balaban J connectivity index is 1.52. The summed E-state index contributed by atoms with van der Waals surface area (Å²) in [6.45, 7) is 4.07. The number of nitrogens with one attached hydrogen (secondary N) is 2. The van der Waals surface area contributed by atoms with Gasteiger partial charge in [0.25, 0.3) is 5.91 Å².